The third kappa shape index (κ3) is 3.82. The van der Waals surface area contributed by atoms with E-state index in [1.807, 2.05) is 60.7 Å². The van der Waals surface area contributed by atoms with Crippen LogP contribution in [0.3, 0.4) is 0 Å². The van der Waals surface area contributed by atoms with Crippen LogP contribution in [0.2, 0.25) is 0 Å². The molecule has 2 aromatic carbocycles. The zero-order valence-corrected chi connectivity index (χ0v) is 10.6. The van der Waals surface area contributed by atoms with Crippen LogP contribution in [0.4, 0.5) is 4.79 Å². The summed E-state index contributed by atoms with van der Waals surface area (Å²) in [5.74, 6) is 5.24. The maximum atomic E-state index is 11.8. The Labute approximate surface area is 112 Å². The van der Waals surface area contributed by atoms with Crippen LogP contribution in [-0.4, -0.2) is 10.9 Å². The fourth-order valence-corrected chi connectivity index (χ4v) is 1.90. The van der Waals surface area contributed by atoms with Crippen molar-refractivity contribution in [2.24, 2.45) is 5.84 Å². The molecular formula is C15H17N3O. The van der Waals surface area contributed by atoms with Crippen molar-refractivity contribution in [2.75, 3.05) is 0 Å². The third-order valence-electron chi connectivity index (χ3n) is 2.84. The lowest BCUT2D eigenvalue weighted by molar-refractivity contribution is 0.192. The second-order valence-corrected chi connectivity index (χ2v) is 4.28. The number of carbonyl (C=O) groups excluding carboxylic acids is 1. The molecule has 2 aromatic rings. The van der Waals surface area contributed by atoms with Crippen molar-refractivity contribution in [1.82, 2.24) is 10.3 Å². The molecule has 0 aliphatic rings. The van der Waals surface area contributed by atoms with Gasteiger partial charge in [0.05, 0.1) is 0 Å². The molecule has 0 heterocycles. The van der Waals surface area contributed by atoms with E-state index in [-0.39, 0.29) is 6.03 Å². The second kappa shape index (κ2) is 6.56. The van der Waals surface area contributed by atoms with E-state index in [1.54, 1.807) is 4.90 Å². The monoisotopic (exact) mass is 255 g/mol. The van der Waals surface area contributed by atoms with Crippen LogP contribution in [0.15, 0.2) is 60.7 Å². The van der Waals surface area contributed by atoms with Gasteiger partial charge in [-0.25, -0.2) is 10.6 Å². The first-order valence-electron chi connectivity index (χ1n) is 6.13. The zero-order valence-electron chi connectivity index (χ0n) is 10.6. The van der Waals surface area contributed by atoms with E-state index in [0.29, 0.717) is 13.1 Å². The normalized spacial score (nSPS) is 9.95. The summed E-state index contributed by atoms with van der Waals surface area (Å²) in [6, 6.07) is 19.4. The largest absolute Gasteiger partial charge is 0.332 e. The van der Waals surface area contributed by atoms with Crippen molar-refractivity contribution in [1.29, 1.82) is 0 Å². The second-order valence-electron chi connectivity index (χ2n) is 4.28. The molecular weight excluding hydrogens is 238 g/mol. The molecule has 0 spiro atoms. The van der Waals surface area contributed by atoms with E-state index >= 15 is 0 Å². The van der Waals surface area contributed by atoms with E-state index in [9.17, 15) is 4.79 Å². The molecule has 0 radical (unpaired) electrons. The predicted molar refractivity (Wildman–Crippen MR) is 74.9 cm³/mol. The molecule has 2 rings (SSSR count). The smallest absolute Gasteiger partial charge is 0.315 e. The summed E-state index contributed by atoms with van der Waals surface area (Å²) in [5, 5.41) is 0. The SMILES string of the molecule is NNC(=O)N(Cc1ccccc1)Cc1ccccc1. The Bertz CT molecular complexity index is 472. The summed E-state index contributed by atoms with van der Waals surface area (Å²) >= 11 is 0. The van der Waals surface area contributed by atoms with Crippen molar-refractivity contribution in [2.45, 2.75) is 13.1 Å². The highest BCUT2D eigenvalue weighted by molar-refractivity contribution is 5.73. The summed E-state index contributed by atoms with van der Waals surface area (Å²) < 4.78 is 0. The minimum atomic E-state index is -0.285. The average Bonchev–Trinajstić information content (AvgIpc) is 2.48. The topological polar surface area (TPSA) is 58.4 Å². The Morgan fingerprint density at radius 2 is 1.32 bits per heavy atom. The van der Waals surface area contributed by atoms with Crippen LogP contribution in [0.1, 0.15) is 11.1 Å². The quantitative estimate of drug-likeness (QED) is 0.500. The van der Waals surface area contributed by atoms with E-state index in [2.05, 4.69) is 5.43 Å². The maximum absolute atomic E-state index is 11.8. The Balaban J connectivity index is 2.10. The van der Waals surface area contributed by atoms with Gasteiger partial charge >= 0.3 is 6.03 Å². The van der Waals surface area contributed by atoms with Crippen LogP contribution in [0.25, 0.3) is 0 Å². The van der Waals surface area contributed by atoms with Gasteiger partial charge in [-0.3, -0.25) is 5.43 Å². The lowest BCUT2D eigenvalue weighted by Crippen LogP contribution is -2.42. The Kier molecular flexibility index (Phi) is 4.53. The molecule has 0 bridgehead atoms. The molecule has 4 nitrogen and oxygen atoms in total. The van der Waals surface area contributed by atoms with Crippen molar-refractivity contribution in [3.63, 3.8) is 0 Å². The van der Waals surface area contributed by atoms with Gasteiger partial charge in [0.1, 0.15) is 0 Å². The summed E-state index contributed by atoms with van der Waals surface area (Å²) in [6.07, 6.45) is 0. The van der Waals surface area contributed by atoms with Gasteiger partial charge < -0.3 is 4.90 Å². The van der Waals surface area contributed by atoms with Gasteiger partial charge in [0, 0.05) is 13.1 Å². The van der Waals surface area contributed by atoms with Crippen molar-refractivity contribution in [3.8, 4) is 0 Å². The third-order valence-corrected chi connectivity index (χ3v) is 2.84. The molecule has 19 heavy (non-hydrogen) atoms. The molecule has 0 aromatic heterocycles. The van der Waals surface area contributed by atoms with Gasteiger partial charge in [-0.1, -0.05) is 60.7 Å². The minimum absolute atomic E-state index is 0.285. The highest BCUT2D eigenvalue weighted by Gasteiger charge is 2.12. The number of nitrogens with zero attached hydrogens (tertiary/aromatic N) is 1. The van der Waals surface area contributed by atoms with Crippen LogP contribution < -0.4 is 11.3 Å². The first kappa shape index (κ1) is 13.1. The highest BCUT2D eigenvalue weighted by atomic mass is 16.2. The fourth-order valence-electron chi connectivity index (χ4n) is 1.90. The molecule has 2 amide bonds. The molecule has 0 saturated heterocycles. The van der Waals surface area contributed by atoms with E-state index in [4.69, 9.17) is 5.84 Å². The van der Waals surface area contributed by atoms with E-state index in [1.165, 1.54) is 0 Å². The number of nitrogens with one attached hydrogen (secondary N) is 1. The molecule has 0 saturated carbocycles. The number of hydrogen-bond acceptors (Lipinski definition) is 2. The van der Waals surface area contributed by atoms with Gasteiger partial charge in [0.2, 0.25) is 0 Å². The Morgan fingerprint density at radius 1 is 0.895 bits per heavy atom. The minimum Gasteiger partial charge on any atom is -0.315 e. The van der Waals surface area contributed by atoms with E-state index < -0.39 is 0 Å². The first-order valence-corrected chi connectivity index (χ1v) is 6.13. The number of carbonyl (C=O) groups is 1. The van der Waals surface area contributed by atoms with Crippen LogP contribution in [-0.2, 0) is 13.1 Å². The fraction of sp³-hybridized carbons (Fsp3) is 0.133. The van der Waals surface area contributed by atoms with Crippen molar-refractivity contribution < 1.29 is 4.79 Å². The molecule has 3 N–H and O–H groups in total. The van der Waals surface area contributed by atoms with Gasteiger partial charge in [0.25, 0.3) is 0 Å². The molecule has 0 fully saturated rings. The summed E-state index contributed by atoms with van der Waals surface area (Å²) in [5.41, 5.74) is 4.34. The standard InChI is InChI=1S/C15H17N3O/c16-17-15(19)18(11-13-7-3-1-4-8-13)12-14-9-5-2-6-10-14/h1-10H,11-12,16H2,(H,17,19). The highest BCUT2D eigenvalue weighted by Crippen LogP contribution is 2.09. The van der Waals surface area contributed by atoms with Gasteiger partial charge in [-0.15, -0.1) is 0 Å². The Morgan fingerprint density at radius 3 is 1.68 bits per heavy atom. The van der Waals surface area contributed by atoms with Crippen molar-refractivity contribution in [3.05, 3.63) is 71.8 Å². The Hall–Kier alpha value is -2.33. The molecule has 4 heteroatoms. The number of amides is 2. The maximum Gasteiger partial charge on any atom is 0.332 e. The molecule has 0 aliphatic carbocycles. The summed E-state index contributed by atoms with van der Waals surface area (Å²) in [6.45, 7) is 1.05. The lowest BCUT2D eigenvalue weighted by Gasteiger charge is -2.22. The molecule has 0 aliphatic heterocycles. The molecule has 98 valence electrons. The van der Waals surface area contributed by atoms with E-state index in [0.717, 1.165) is 11.1 Å². The molecule has 0 unspecified atom stereocenters. The first-order chi connectivity index (χ1) is 9.29. The number of nitrogens with two attached hydrogens (primary N) is 1. The number of urea groups is 1. The van der Waals surface area contributed by atoms with Crippen molar-refractivity contribution >= 4 is 6.03 Å². The van der Waals surface area contributed by atoms with Gasteiger partial charge in [-0.05, 0) is 11.1 Å². The predicted octanol–water partition coefficient (Wildman–Crippen LogP) is 2.27. The van der Waals surface area contributed by atoms with Crippen LogP contribution in [0, 0.1) is 0 Å². The number of hydrogen-bond donors (Lipinski definition) is 2. The molecule has 0 atom stereocenters. The summed E-state index contributed by atoms with van der Waals surface area (Å²) in [7, 11) is 0. The van der Waals surface area contributed by atoms with Gasteiger partial charge in [0.15, 0.2) is 0 Å². The summed E-state index contributed by atoms with van der Waals surface area (Å²) in [4.78, 5) is 13.5. The van der Waals surface area contributed by atoms with Gasteiger partial charge in [-0.2, -0.15) is 0 Å². The number of benzene rings is 2. The lowest BCUT2D eigenvalue weighted by atomic mass is 10.2. The zero-order chi connectivity index (χ0) is 13.5. The van der Waals surface area contributed by atoms with Crippen LogP contribution in [0.5, 0.6) is 0 Å². The average molecular weight is 255 g/mol. The number of rotatable bonds is 4. The number of hydrazine groups is 1. The van der Waals surface area contributed by atoms with Crippen LogP contribution >= 0.6 is 0 Å².